The Bertz CT molecular complexity index is 560. The predicted octanol–water partition coefficient (Wildman–Crippen LogP) is 1.70. The third-order valence-corrected chi connectivity index (χ3v) is 2.82. The van der Waals surface area contributed by atoms with Gasteiger partial charge in [-0.05, 0) is 32.0 Å². The van der Waals surface area contributed by atoms with Crippen LogP contribution >= 0.6 is 11.6 Å². The highest BCUT2D eigenvalue weighted by Gasteiger charge is 2.32. The summed E-state index contributed by atoms with van der Waals surface area (Å²) in [6.45, 7) is 3.13. The zero-order chi connectivity index (χ0) is 16.7. The lowest BCUT2D eigenvalue weighted by Crippen LogP contribution is -2.48. The van der Waals surface area contributed by atoms with Gasteiger partial charge in [0.05, 0.1) is 23.8 Å². The Balaban J connectivity index is 2.97. The summed E-state index contributed by atoms with van der Waals surface area (Å²) >= 11 is 5.80. The maximum Gasteiger partial charge on any atom is 0.340 e. The van der Waals surface area contributed by atoms with Crippen LogP contribution < -0.4 is 5.32 Å². The molecule has 0 heterocycles. The molecule has 0 saturated carbocycles. The number of benzene rings is 1. The van der Waals surface area contributed by atoms with Crippen molar-refractivity contribution in [2.75, 3.05) is 13.2 Å². The highest BCUT2D eigenvalue weighted by molar-refractivity contribution is 6.34. The summed E-state index contributed by atoms with van der Waals surface area (Å²) in [6, 6.07) is 1.51. The Morgan fingerprint density at radius 1 is 1.18 bits per heavy atom. The van der Waals surface area contributed by atoms with Crippen molar-refractivity contribution in [3.8, 4) is 0 Å². The van der Waals surface area contributed by atoms with Crippen molar-refractivity contribution in [2.24, 2.45) is 0 Å². The molecule has 120 valence electrons. The fourth-order valence-electron chi connectivity index (χ4n) is 1.55. The minimum atomic E-state index is -1.65. The van der Waals surface area contributed by atoms with Gasteiger partial charge in [0, 0.05) is 0 Å². The first-order chi connectivity index (χ1) is 10.4. The van der Waals surface area contributed by atoms with Crippen LogP contribution in [-0.4, -0.2) is 37.1 Å². The fraction of sp³-hybridized carbons (Fsp3) is 0.357. The smallest absolute Gasteiger partial charge is 0.340 e. The number of nitrogens with one attached hydrogen (secondary N) is 1. The number of ether oxygens (including phenoxy) is 2. The number of esters is 2. The molecule has 1 amide bonds. The number of amides is 1. The SMILES string of the molecule is CCOC(=O)C(NC(=O)c1cc(F)ccc1Cl)C(=O)OCC. The van der Waals surface area contributed by atoms with E-state index < -0.39 is 29.7 Å². The molecule has 22 heavy (non-hydrogen) atoms. The largest absolute Gasteiger partial charge is 0.464 e. The number of carbonyl (C=O) groups is 3. The molecule has 0 bridgehead atoms. The number of halogens is 2. The quantitative estimate of drug-likeness (QED) is 0.634. The summed E-state index contributed by atoms with van der Waals surface area (Å²) in [5, 5.41) is 2.11. The van der Waals surface area contributed by atoms with Gasteiger partial charge in [-0.15, -0.1) is 0 Å². The molecule has 6 nitrogen and oxygen atoms in total. The maximum atomic E-state index is 13.2. The molecule has 0 saturated heterocycles. The van der Waals surface area contributed by atoms with Gasteiger partial charge >= 0.3 is 11.9 Å². The van der Waals surface area contributed by atoms with Crippen molar-refractivity contribution < 1.29 is 28.2 Å². The van der Waals surface area contributed by atoms with Gasteiger partial charge in [-0.2, -0.15) is 0 Å². The Morgan fingerprint density at radius 3 is 2.23 bits per heavy atom. The summed E-state index contributed by atoms with van der Waals surface area (Å²) in [7, 11) is 0. The monoisotopic (exact) mass is 331 g/mol. The number of hydrogen-bond donors (Lipinski definition) is 1. The van der Waals surface area contributed by atoms with Crippen LogP contribution in [0, 0.1) is 5.82 Å². The number of carbonyl (C=O) groups excluding carboxylic acids is 3. The Kier molecular flexibility index (Phi) is 6.78. The van der Waals surface area contributed by atoms with Gasteiger partial charge in [-0.1, -0.05) is 11.6 Å². The van der Waals surface area contributed by atoms with Crippen molar-refractivity contribution in [1.29, 1.82) is 0 Å². The standard InChI is InChI=1S/C14H15ClFNO5/c1-3-21-13(19)11(14(20)22-4-2)17-12(18)9-7-8(16)5-6-10(9)15/h5-7,11H,3-4H2,1-2H3,(H,17,18). The molecule has 0 unspecified atom stereocenters. The second kappa shape index (κ2) is 8.33. The summed E-state index contributed by atoms with van der Waals surface area (Å²) in [5.74, 6) is -3.52. The molecule has 1 N–H and O–H groups in total. The normalized spacial score (nSPS) is 10.2. The molecule has 1 rings (SSSR count). The van der Waals surface area contributed by atoms with Gasteiger partial charge < -0.3 is 14.8 Å². The lowest BCUT2D eigenvalue weighted by molar-refractivity contribution is -0.157. The molecule has 1 aromatic rings. The molecular weight excluding hydrogens is 317 g/mol. The van der Waals surface area contributed by atoms with Crippen LogP contribution in [0.15, 0.2) is 18.2 Å². The van der Waals surface area contributed by atoms with E-state index in [4.69, 9.17) is 21.1 Å². The summed E-state index contributed by atoms with van der Waals surface area (Å²) in [5.41, 5.74) is -0.208. The molecule has 0 aromatic heterocycles. The van der Waals surface area contributed by atoms with E-state index in [1.165, 1.54) is 6.07 Å². The van der Waals surface area contributed by atoms with Crippen molar-refractivity contribution in [3.05, 3.63) is 34.6 Å². The third kappa shape index (κ3) is 4.70. The zero-order valence-electron chi connectivity index (χ0n) is 12.0. The minimum absolute atomic E-state index is 0.0192. The fourth-order valence-corrected chi connectivity index (χ4v) is 1.75. The highest BCUT2D eigenvalue weighted by atomic mass is 35.5. The highest BCUT2D eigenvalue weighted by Crippen LogP contribution is 2.17. The molecule has 0 spiro atoms. The molecule has 0 fully saturated rings. The van der Waals surface area contributed by atoms with Gasteiger partial charge in [0.1, 0.15) is 5.82 Å². The second-order valence-corrected chi connectivity index (χ2v) is 4.44. The maximum absolute atomic E-state index is 13.2. The summed E-state index contributed by atoms with van der Waals surface area (Å²) < 4.78 is 22.6. The average molecular weight is 332 g/mol. The van der Waals surface area contributed by atoms with Gasteiger partial charge in [-0.25, -0.2) is 14.0 Å². The van der Waals surface area contributed by atoms with Crippen molar-refractivity contribution in [1.82, 2.24) is 5.32 Å². The molecular formula is C14H15ClFNO5. The zero-order valence-corrected chi connectivity index (χ0v) is 12.8. The number of rotatable bonds is 6. The van der Waals surface area contributed by atoms with E-state index >= 15 is 0 Å². The molecule has 0 atom stereocenters. The van der Waals surface area contributed by atoms with Crippen LogP contribution in [0.25, 0.3) is 0 Å². The van der Waals surface area contributed by atoms with E-state index in [1.807, 2.05) is 0 Å². The molecule has 1 aromatic carbocycles. The van der Waals surface area contributed by atoms with Gasteiger partial charge in [0.25, 0.3) is 5.91 Å². The van der Waals surface area contributed by atoms with Crippen LogP contribution in [0.4, 0.5) is 4.39 Å². The molecule has 0 radical (unpaired) electrons. The van der Waals surface area contributed by atoms with Crippen LogP contribution in [0.2, 0.25) is 5.02 Å². The first-order valence-electron chi connectivity index (χ1n) is 6.49. The van der Waals surface area contributed by atoms with Gasteiger partial charge in [0.2, 0.25) is 6.04 Å². The number of hydrogen-bond acceptors (Lipinski definition) is 5. The molecule has 0 aliphatic rings. The minimum Gasteiger partial charge on any atom is -0.464 e. The Labute approximate surface area is 131 Å². The van der Waals surface area contributed by atoms with Crippen LogP contribution in [-0.2, 0) is 19.1 Å². The molecule has 0 aliphatic heterocycles. The predicted molar refractivity (Wildman–Crippen MR) is 75.9 cm³/mol. The summed E-state index contributed by atoms with van der Waals surface area (Å²) in [4.78, 5) is 35.5. The van der Waals surface area contributed by atoms with Crippen molar-refractivity contribution in [2.45, 2.75) is 19.9 Å². The van der Waals surface area contributed by atoms with Gasteiger partial charge in [0.15, 0.2) is 0 Å². The van der Waals surface area contributed by atoms with E-state index in [-0.39, 0.29) is 23.8 Å². The second-order valence-electron chi connectivity index (χ2n) is 4.03. The van der Waals surface area contributed by atoms with E-state index in [0.29, 0.717) is 0 Å². The van der Waals surface area contributed by atoms with Crippen molar-refractivity contribution in [3.63, 3.8) is 0 Å². The van der Waals surface area contributed by atoms with Crippen LogP contribution in [0.3, 0.4) is 0 Å². The Morgan fingerprint density at radius 2 is 1.73 bits per heavy atom. The Hall–Kier alpha value is -2.15. The molecule has 0 aliphatic carbocycles. The first-order valence-corrected chi connectivity index (χ1v) is 6.87. The van der Waals surface area contributed by atoms with Crippen molar-refractivity contribution >= 4 is 29.4 Å². The topological polar surface area (TPSA) is 81.7 Å². The van der Waals surface area contributed by atoms with Gasteiger partial charge in [-0.3, -0.25) is 4.79 Å². The molecule has 8 heteroatoms. The average Bonchev–Trinajstić information content (AvgIpc) is 2.47. The lowest BCUT2D eigenvalue weighted by Gasteiger charge is -2.16. The van der Waals surface area contributed by atoms with E-state index in [2.05, 4.69) is 5.32 Å². The summed E-state index contributed by atoms with van der Waals surface area (Å²) in [6.07, 6.45) is 0. The van der Waals surface area contributed by atoms with Crippen LogP contribution in [0.1, 0.15) is 24.2 Å². The van der Waals surface area contributed by atoms with E-state index in [0.717, 1.165) is 12.1 Å². The van der Waals surface area contributed by atoms with E-state index in [1.54, 1.807) is 13.8 Å². The lowest BCUT2D eigenvalue weighted by atomic mass is 10.2. The van der Waals surface area contributed by atoms with E-state index in [9.17, 15) is 18.8 Å². The third-order valence-electron chi connectivity index (χ3n) is 2.49. The van der Waals surface area contributed by atoms with Crippen LogP contribution in [0.5, 0.6) is 0 Å². The first kappa shape index (κ1) is 17.9.